The van der Waals surface area contributed by atoms with Crippen LogP contribution in [0.25, 0.3) is 22.4 Å². The summed E-state index contributed by atoms with van der Waals surface area (Å²) in [6.07, 6.45) is -1.62. The third kappa shape index (κ3) is 3.83. The lowest BCUT2D eigenvalue weighted by Crippen LogP contribution is -2.23. The number of rotatable bonds is 4. The summed E-state index contributed by atoms with van der Waals surface area (Å²) in [5.41, 5.74) is 2.53. The van der Waals surface area contributed by atoms with Gasteiger partial charge in [-0.1, -0.05) is 6.07 Å². The van der Waals surface area contributed by atoms with Crippen LogP contribution < -0.4 is 5.56 Å². The first kappa shape index (κ1) is 21.5. The molecule has 0 aliphatic heterocycles. The van der Waals surface area contributed by atoms with Gasteiger partial charge in [-0.05, 0) is 71.8 Å². The Morgan fingerprint density at radius 2 is 1.65 bits per heavy atom. The Morgan fingerprint density at radius 3 is 2.32 bits per heavy atom. The number of aromatic nitrogens is 8. The summed E-state index contributed by atoms with van der Waals surface area (Å²) in [7, 11) is 0. The van der Waals surface area contributed by atoms with Crippen molar-refractivity contribution in [1.29, 1.82) is 0 Å². The van der Waals surface area contributed by atoms with Crippen molar-refractivity contribution in [2.45, 2.75) is 26.6 Å². The van der Waals surface area contributed by atoms with Crippen LogP contribution in [0.4, 0.5) is 13.2 Å². The average molecular weight is 466 g/mol. The Balaban J connectivity index is 1.49. The van der Waals surface area contributed by atoms with Crippen LogP contribution in [-0.4, -0.2) is 39.5 Å². The molecule has 0 N–H and O–H groups in total. The van der Waals surface area contributed by atoms with Crippen molar-refractivity contribution in [3.8, 4) is 11.4 Å². The lowest BCUT2D eigenvalue weighted by Gasteiger charge is -2.09. The molecule has 0 saturated heterocycles. The van der Waals surface area contributed by atoms with E-state index in [-0.39, 0.29) is 17.9 Å². The van der Waals surface area contributed by atoms with E-state index in [0.717, 1.165) is 28.9 Å². The van der Waals surface area contributed by atoms with Gasteiger partial charge in [0.25, 0.3) is 5.56 Å². The normalized spacial score (nSPS) is 11.9. The third-order valence-corrected chi connectivity index (χ3v) is 5.29. The van der Waals surface area contributed by atoms with E-state index in [1.54, 1.807) is 4.68 Å². The van der Waals surface area contributed by atoms with Crippen LogP contribution in [0.1, 0.15) is 22.5 Å². The number of benzene rings is 2. The summed E-state index contributed by atoms with van der Waals surface area (Å²) < 4.78 is 42.8. The Kier molecular flexibility index (Phi) is 5.00. The van der Waals surface area contributed by atoms with Gasteiger partial charge >= 0.3 is 6.18 Å². The SMILES string of the molecule is Cc1cc(C)cc(-n2ncc3c(=O)n(Cc4nnnn4-c4ccc(C(F)(F)F)cc4)cnc32)c1. The van der Waals surface area contributed by atoms with Crippen molar-refractivity contribution in [3.63, 3.8) is 0 Å². The minimum Gasteiger partial charge on any atom is -0.291 e. The molecule has 3 heterocycles. The molecule has 0 atom stereocenters. The molecular formula is C22H17F3N8O. The predicted molar refractivity (Wildman–Crippen MR) is 116 cm³/mol. The van der Waals surface area contributed by atoms with E-state index >= 15 is 0 Å². The van der Waals surface area contributed by atoms with Gasteiger partial charge in [0.05, 0.1) is 29.7 Å². The van der Waals surface area contributed by atoms with Crippen LogP contribution in [0.15, 0.2) is 59.8 Å². The Labute approximate surface area is 190 Å². The van der Waals surface area contributed by atoms with Crippen molar-refractivity contribution >= 4 is 11.0 Å². The zero-order chi connectivity index (χ0) is 24.0. The summed E-state index contributed by atoms with van der Waals surface area (Å²) in [5, 5.41) is 16.0. The van der Waals surface area contributed by atoms with Gasteiger partial charge in [0, 0.05) is 0 Å². The molecule has 9 nitrogen and oxygen atoms in total. The maximum absolute atomic E-state index is 13.1. The first-order valence-corrected chi connectivity index (χ1v) is 10.2. The summed E-state index contributed by atoms with van der Waals surface area (Å²) in [5.74, 6) is 0.254. The smallest absolute Gasteiger partial charge is 0.291 e. The Hall–Kier alpha value is -4.35. The molecule has 0 aliphatic carbocycles. The third-order valence-electron chi connectivity index (χ3n) is 5.29. The van der Waals surface area contributed by atoms with E-state index in [2.05, 4.69) is 25.6 Å². The van der Waals surface area contributed by atoms with E-state index < -0.39 is 11.7 Å². The van der Waals surface area contributed by atoms with Crippen molar-refractivity contribution in [3.05, 3.63) is 87.9 Å². The molecule has 2 aromatic carbocycles. The van der Waals surface area contributed by atoms with Crippen molar-refractivity contribution in [2.75, 3.05) is 0 Å². The maximum Gasteiger partial charge on any atom is 0.416 e. The number of halogens is 3. The lowest BCUT2D eigenvalue weighted by atomic mass is 10.1. The average Bonchev–Trinajstić information content (AvgIpc) is 3.42. The van der Waals surface area contributed by atoms with Gasteiger partial charge in [0.15, 0.2) is 11.5 Å². The number of aryl methyl sites for hydroxylation is 2. The molecule has 5 rings (SSSR count). The van der Waals surface area contributed by atoms with E-state index in [1.165, 1.54) is 33.9 Å². The first-order valence-electron chi connectivity index (χ1n) is 10.2. The van der Waals surface area contributed by atoms with Crippen molar-refractivity contribution in [1.82, 2.24) is 39.5 Å². The summed E-state index contributed by atoms with van der Waals surface area (Å²) in [4.78, 5) is 17.5. The first-order chi connectivity index (χ1) is 16.2. The van der Waals surface area contributed by atoms with E-state index in [9.17, 15) is 18.0 Å². The second-order valence-corrected chi connectivity index (χ2v) is 7.87. The maximum atomic E-state index is 13.1. The molecule has 0 bridgehead atoms. The van der Waals surface area contributed by atoms with Gasteiger partial charge in [0.1, 0.15) is 11.7 Å². The Bertz CT molecular complexity index is 1540. The highest BCUT2D eigenvalue weighted by Gasteiger charge is 2.30. The molecule has 0 spiro atoms. The standard InChI is InChI=1S/C22H17F3N8O/c1-13-7-14(2)9-17(8-13)33-20-18(10-27-33)21(34)31(12-26-20)11-19-28-29-30-32(19)16-5-3-15(4-6-16)22(23,24)25/h3-10,12H,11H2,1-2H3. The number of alkyl halides is 3. The molecule has 0 unspecified atom stereocenters. The topological polar surface area (TPSA) is 96.3 Å². The summed E-state index contributed by atoms with van der Waals surface area (Å²) >= 11 is 0. The molecule has 0 aliphatic rings. The van der Waals surface area contributed by atoms with Crippen molar-refractivity contribution in [2.24, 2.45) is 0 Å². The lowest BCUT2D eigenvalue weighted by molar-refractivity contribution is -0.137. The zero-order valence-corrected chi connectivity index (χ0v) is 18.0. The fraction of sp³-hybridized carbons (Fsp3) is 0.182. The monoisotopic (exact) mass is 466 g/mol. The Morgan fingerprint density at radius 1 is 0.941 bits per heavy atom. The van der Waals surface area contributed by atoms with E-state index in [1.807, 2.05) is 32.0 Å². The van der Waals surface area contributed by atoms with Gasteiger partial charge in [-0.2, -0.15) is 23.0 Å². The molecule has 3 aromatic heterocycles. The van der Waals surface area contributed by atoms with E-state index in [0.29, 0.717) is 16.7 Å². The van der Waals surface area contributed by atoms with E-state index in [4.69, 9.17) is 0 Å². The predicted octanol–water partition coefficient (Wildman–Crippen LogP) is 3.24. The largest absolute Gasteiger partial charge is 0.416 e. The van der Waals surface area contributed by atoms with Crippen LogP contribution >= 0.6 is 0 Å². The minimum absolute atomic E-state index is 0.0372. The van der Waals surface area contributed by atoms with Gasteiger partial charge in [-0.25, -0.2) is 9.67 Å². The van der Waals surface area contributed by atoms with Crippen LogP contribution in [0.2, 0.25) is 0 Å². The molecule has 0 fully saturated rings. The highest BCUT2D eigenvalue weighted by molar-refractivity contribution is 5.75. The summed E-state index contributed by atoms with van der Waals surface area (Å²) in [6.45, 7) is 3.91. The van der Waals surface area contributed by atoms with Crippen molar-refractivity contribution < 1.29 is 13.2 Å². The highest BCUT2D eigenvalue weighted by Crippen LogP contribution is 2.29. The minimum atomic E-state index is -4.45. The number of nitrogens with zero attached hydrogens (tertiary/aromatic N) is 8. The number of hydrogen-bond donors (Lipinski definition) is 0. The van der Waals surface area contributed by atoms with Crippen LogP contribution in [0.5, 0.6) is 0 Å². The second kappa shape index (κ2) is 7.90. The van der Waals surface area contributed by atoms with Crippen LogP contribution in [0, 0.1) is 13.8 Å². The van der Waals surface area contributed by atoms with Crippen LogP contribution in [-0.2, 0) is 12.7 Å². The molecule has 0 amide bonds. The quantitative estimate of drug-likeness (QED) is 0.404. The van der Waals surface area contributed by atoms with Crippen LogP contribution in [0.3, 0.4) is 0 Å². The molecular weight excluding hydrogens is 449 g/mol. The molecule has 0 saturated carbocycles. The zero-order valence-electron chi connectivity index (χ0n) is 18.0. The number of fused-ring (bicyclic) bond motifs is 1. The number of hydrogen-bond acceptors (Lipinski definition) is 6. The fourth-order valence-corrected chi connectivity index (χ4v) is 3.77. The van der Waals surface area contributed by atoms with Gasteiger partial charge < -0.3 is 0 Å². The fourth-order valence-electron chi connectivity index (χ4n) is 3.77. The van der Waals surface area contributed by atoms with Gasteiger partial charge in [-0.3, -0.25) is 9.36 Å². The van der Waals surface area contributed by atoms with Gasteiger partial charge in [-0.15, -0.1) is 5.10 Å². The molecule has 5 aromatic rings. The highest BCUT2D eigenvalue weighted by atomic mass is 19.4. The number of tetrazole rings is 1. The summed E-state index contributed by atoms with van der Waals surface area (Å²) in [6, 6.07) is 10.4. The molecule has 0 radical (unpaired) electrons. The second-order valence-electron chi connectivity index (χ2n) is 7.87. The molecule has 172 valence electrons. The molecule has 34 heavy (non-hydrogen) atoms. The molecule has 12 heteroatoms. The van der Waals surface area contributed by atoms with Gasteiger partial charge in [0.2, 0.25) is 0 Å².